The molecule has 1 spiro atoms. The van der Waals surface area contributed by atoms with Crippen molar-refractivity contribution in [1.82, 2.24) is 10.2 Å². The normalized spacial score (nSPS) is 26.7. The molecule has 1 aromatic carbocycles. The highest BCUT2D eigenvalue weighted by atomic mass is 16.6. The minimum absolute atomic E-state index is 0.221. The molecule has 0 radical (unpaired) electrons. The second-order valence-corrected chi connectivity index (χ2v) is 5.36. The zero-order valence-corrected chi connectivity index (χ0v) is 10.8. The number of carbonyl (C=O) groups excluding carboxylic acids is 1. The van der Waals surface area contributed by atoms with E-state index in [1.165, 1.54) is 0 Å². The first-order valence-corrected chi connectivity index (χ1v) is 6.63. The average molecular weight is 262 g/mol. The summed E-state index contributed by atoms with van der Waals surface area (Å²) in [6.45, 7) is 2.82. The molecule has 19 heavy (non-hydrogen) atoms. The number of nitrogens with zero attached hydrogens (tertiary/aromatic N) is 1. The Labute approximate surface area is 112 Å². The molecule has 0 saturated carbocycles. The summed E-state index contributed by atoms with van der Waals surface area (Å²) in [6, 6.07) is 6.98. The fourth-order valence-electron chi connectivity index (χ4n) is 2.85. The van der Waals surface area contributed by atoms with E-state index in [1.54, 1.807) is 23.1 Å². The molecule has 2 saturated heterocycles. The second kappa shape index (κ2) is 4.74. The first kappa shape index (κ1) is 12.3. The van der Waals surface area contributed by atoms with Gasteiger partial charge in [-0.1, -0.05) is 12.1 Å². The Morgan fingerprint density at radius 2 is 2.37 bits per heavy atom. The van der Waals surface area contributed by atoms with E-state index in [-0.39, 0.29) is 17.4 Å². The predicted octanol–water partition coefficient (Wildman–Crippen LogP) is 1.47. The van der Waals surface area contributed by atoms with Crippen molar-refractivity contribution in [2.45, 2.75) is 25.0 Å². The number of benzene rings is 1. The van der Waals surface area contributed by atoms with Gasteiger partial charge < -0.3 is 15.2 Å². The van der Waals surface area contributed by atoms with E-state index >= 15 is 0 Å². The van der Waals surface area contributed by atoms with Crippen LogP contribution >= 0.6 is 0 Å². The van der Waals surface area contributed by atoms with E-state index in [9.17, 15) is 9.90 Å². The van der Waals surface area contributed by atoms with Crippen LogP contribution in [0.2, 0.25) is 0 Å². The fourth-order valence-corrected chi connectivity index (χ4v) is 2.85. The molecular weight excluding hydrogens is 244 g/mol. The van der Waals surface area contributed by atoms with Crippen LogP contribution in [0.15, 0.2) is 24.3 Å². The minimum Gasteiger partial charge on any atom is -0.508 e. The topological polar surface area (TPSA) is 61.8 Å². The van der Waals surface area contributed by atoms with Gasteiger partial charge >= 0.3 is 6.09 Å². The van der Waals surface area contributed by atoms with Gasteiger partial charge in [-0.2, -0.15) is 0 Å². The molecule has 1 unspecified atom stereocenters. The molecule has 102 valence electrons. The number of phenolic OH excluding ortho intramolecular Hbond substituents is 1. The van der Waals surface area contributed by atoms with Gasteiger partial charge in [-0.25, -0.2) is 4.79 Å². The van der Waals surface area contributed by atoms with Crippen molar-refractivity contribution < 1.29 is 14.6 Å². The second-order valence-electron chi connectivity index (χ2n) is 5.36. The first-order valence-electron chi connectivity index (χ1n) is 6.63. The molecule has 2 aliphatic heterocycles. The summed E-state index contributed by atoms with van der Waals surface area (Å²) in [6.07, 6.45) is 1.70. The molecule has 1 amide bonds. The summed E-state index contributed by atoms with van der Waals surface area (Å²) >= 11 is 0. The van der Waals surface area contributed by atoms with Gasteiger partial charge in [-0.15, -0.1) is 0 Å². The van der Waals surface area contributed by atoms with Crippen molar-refractivity contribution in [1.29, 1.82) is 0 Å². The van der Waals surface area contributed by atoms with E-state index < -0.39 is 0 Å². The van der Waals surface area contributed by atoms with Crippen LogP contribution in [0.25, 0.3) is 0 Å². The molecule has 2 aliphatic rings. The molecule has 5 nitrogen and oxygen atoms in total. The molecule has 1 aromatic rings. The van der Waals surface area contributed by atoms with Gasteiger partial charge in [0.05, 0.1) is 6.54 Å². The van der Waals surface area contributed by atoms with Gasteiger partial charge in [-0.3, -0.25) is 4.90 Å². The number of aromatic hydroxyl groups is 1. The fraction of sp³-hybridized carbons (Fsp3) is 0.500. The maximum Gasteiger partial charge on any atom is 0.410 e. The molecule has 2 N–H and O–H groups in total. The predicted molar refractivity (Wildman–Crippen MR) is 69.8 cm³/mol. The number of rotatable bonds is 2. The van der Waals surface area contributed by atoms with E-state index in [1.807, 2.05) is 6.07 Å². The standard InChI is InChI=1S/C14H18N2O3/c17-12-4-1-3-11(7-12)8-16-10-14(19-13(16)18)5-2-6-15-9-14/h1,3-4,7,15,17H,2,5-6,8-10H2. The van der Waals surface area contributed by atoms with Crippen LogP contribution in [0.1, 0.15) is 18.4 Å². The molecule has 3 rings (SSSR count). The lowest BCUT2D eigenvalue weighted by atomic mass is 9.94. The van der Waals surface area contributed by atoms with Gasteiger partial charge in [-0.05, 0) is 37.1 Å². The summed E-state index contributed by atoms with van der Waals surface area (Å²) in [4.78, 5) is 13.7. The Kier molecular flexibility index (Phi) is 3.06. The summed E-state index contributed by atoms with van der Waals surface area (Å²) < 4.78 is 5.57. The number of carbonyl (C=O) groups is 1. The van der Waals surface area contributed by atoms with Crippen LogP contribution in [0.4, 0.5) is 4.79 Å². The van der Waals surface area contributed by atoms with E-state index in [0.29, 0.717) is 13.1 Å². The van der Waals surface area contributed by atoms with Gasteiger partial charge in [0.15, 0.2) is 0 Å². The Bertz CT molecular complexity index is 483. The van der Waals surface area contributed by atoms with Crippen molar-refractivity contribution in [3.8, 4) is 5.75 Å². The van der Waals surface area contributed by atoms with Crippen molar-refractivity contribution >= 4 is 6.09 Å². The van der Waals surface area contributed by atoms with Crippen LogP contribution in [0.5, 0.6) is 5.75 Å². The zero-order valence-electron chi connectivity index (χ0n) is 10.8. The summed E-state index contributed by atoms with van der Waals surface area (Å²) in [7, 11) is 0. The Morgan fingerprint density at radius 3 is 3.11 bits per heavy atom. The number of piperidine rings is 1. The highest BCUT2D eigenvalue weighted by Gasteiger charge is 2.45. The number of nitrogens with one attached hydrogen (secondary N) is 1. The van der Waals surface area contributed by atoms with E-state index in [4.69, 9.17) is 4.74 Å². The third-order valence-corrected chi connectivity index (χ3v) is 3.76. The molecule has 0 bridgehead atoms. The maximum atomic E-state index is 12.0. The van der Waals surface area contributed by atoms with Crippen molar-refractivity contribution in [3.05, 3.63) is 29.8 Å². The Balaban J connectivity index is 1.70. The maximum absolute atomic E-state index is 12.0. The van der Waals surface area contributed by atoms with Crippen LogP contribution in [0.3, 0.4) is 0 Å². The molecule has 5 heteroatoms. The summed E-state index contributed by atoms with van der Waals surface area (Å²) in [5.41, 5.74) is 0.560. The van der Waals surface area contributed by atoms with Crippen LogP contribution in [0, 0.1) is 0 Å². The largest absolute Gasteiger partial charge is 0.508 e. The number of amides is 1. The summed E-state index contributed by atoms with van der Waals surface area (Å²) in [5.74, 6) is 0.221. The Hall–Kier alpha value is -1.75. The molecular formula is C14H18N2O3. The highest BCUT2D eigenvalue weighted by Crippen LogP contribution is 2.30. The lowest BCUT2D eigenvalue weighted by Gasteiger charge is -2.31. The lowest BCUT2D eigenvalue weighted by Crippen LogP contribution is -2.48. The number of phenols is 1. The van der Waals surface area contributed by atoms with Crippen molar-refractivity contribution in [2.24, 2.45) is 0 Å². The van der Waals surface area contributed by atoms with Crippen molar-refractivity contribution in [3.63, 3.8) is 0 Å². The number of hydrogen-bond acceptors (Lipinski definition) is 4. The monoisotopic (exact) mass is 262 g/mol. The highest BCUT2D eigenvalue weighted by molar-refractivity contribution is 5.70. The molecule has 0 aliphatic carbocycles. The quantitative estimate of drug-likeness (QED) is 0.847. The number of ether oxygens (including phenoxy) is 1. The zero-order chi connectivity index (χ0) is 13.3. The third-order valence-electron chi connectivity index (χ3n) is 3.76. The SMILES string of the molecule is O=C1OC2(CCCNC2)CN1Cc1cccc(O)c1. The molecule has 2 fully saturated rings. The molecule has 1 atom stereocenters. The van der Waals surface area contributed by atoms with Gasteiger partial charge in [0.25, 0.3) is 0 Å². The first-order chi connectivity index (χ1) is 9.17. The van der Waals surface area contributed by atoms with Crippen LogP contribution in [-0.2, 0) is 11.3 Å². The third kappa shape index (κ3) is 2.51. The van der Waals surface area contributed by atoms with E-state index in [0.717, 1.165) is 31.5 Å². The van der Waals surface area contributed by atoms with Crippen molar-refractivity contribution in [2.75, 3.05) is 19.6 Å². The van der Waals surface area contributed by atoms with E-state index in [2.05, 4.69) is 5.32 Å². The Morgan fingerprint density at radius 1 is 1.47 bits per heavy atom. The minimum atomic E-state index is -0.355. The average Bonchev–Trinajstić information content (AvgIpc) is 2.66. The van der Waals surface area contributed by atoms with Gasteiger partial charge in [0.2, 0.25) is 0 Å². The number of hydrogen-bond donors (Lipinski definition) is 2. The van der Waals surface area contributed by atoms with Crippen LogP contribution in [-0.4, -0.2) is 41.3 Å². The summed E-state index contributed by atoms with van der Waals surface area (Å²) in [5, 5.41) is 12.7. The smallest absolute Gasteiger partial charge is 0.410 e. The lowest BCUT2D eigenvalue weighted by molar-refractivity contribution is 0.0366. The van der Waals surface area contributed by atoms with Gasteiger partial charge in [0, 0.05) is 13.1 Å². The molecule has 2 heterocycles. The van der Waals surface area contributed by atoms with Gasteiger partial charge in [0.1, 0.15) is 11.4 Å². The molecule has 0 aromatic heterocycles. The van der Waals surface area contributed by atoms with Crippen LogP contribution < -0.4 is 5.32 Å².